The molecule has 0 radical (unpaired) electrons. The van der Waals surface area contributed by atoms with Gasteiger partial charge in [0.25, 0.3) is 5.91 Å². The van der Waals surface area contributed by atoms with Crippen LogP contribution in [0.15, 0.2) is 29.4 Å². The molecule has 1 aliphatic rings. The number of H-pyrrole nitrogens is 1. The third kappa shape index (κ3) is 2.27. The third-order valence-corrected chi connectivity index (χ3v) is 4.22. The number of nitrogens with one attached hydrogen (secondary N) is 2. The first-order valence-corrected chi connectivity index (χ1v) is 8.06. The van der Waals surface area contributed by atoms with Crippen molar-refractivity contribution in [3.8, 4) is 0 Å². The largest absolute Gasteiger partial charge is 0.358 e. The molecule has 3 rings (SSSR count). The Morgan fingerprint density at radius 3 is 2.77 bits per heavy atom. The van der Waals surface area contributed by atoms with Gasteiger partial charge < -0.3 is 10.3 Å². The van der Waals surface area contributed by atoms with Crippen molar-refractivity contribution in [3.05, 3.63) is 35.5 Å². The molecular weight excluding hydrogens is 300 g/mol. The summed E-state index contributed by atoms with van der Waals surface area (Å²) < 4.78 is 0. The van der Waals surface area contributed by atoms with Crippen LogP contribution in [-0.4, -0.2) is 33.2 Å². The number of aromatic amines is 1. The van der Waals surface area contributed by atoms with Gasteiger partial charge in [0.2, 0.25) is 5.91 Å². The van der Waals surface area contributed by atoms with Crippen molar-refractivity contribution in [1.29, 1.82) is 0 Å². The first kappa shape index (κ1) is 14.6. The highest BCUT2D eigenvalue weighted by molar-refractivity contribution is 8.13. The van der Waals surface area contributed by atoms with E-state index < -0.39 is 6.04 Å². The van der Waals surface area contributed by atoms with Crippen LogP contribution in [0.2, 0.25) is 0 Å². The van der Waals surface area contributed by atoms with E-state index in [1.165, 1.54) is 23.7 Å². The van der Waals surface area contributed by atoms with Gasteiger partial charge in [0.05, 0.1) is 0 Å². The van der Waals surface area contributed by atoms with Crippen molar-refractivity contribution >= 4 is 39.6 Å². The number of hydrazone groups is 1. The van der Waals surface area contributed by atoms with E-state index in [0.29, 0.717) is 5.17 Å². The number of amidine groups is 1. The van der Waals surface area contributed by atoms with Gasteiger partial charge >= 0.3 is 0 Å². The van der Waals surface area contributed by atoms with Gasteiger partial charge in [-0.2, -0.15) is 0 Å². The van der Waals surface area contributed by atoms with Gasteiger partial charge in [-0.15, -0.1) is 5.10 Å². The molecule has 1 aliphatic heterocycles. The smallest absolute Gasteiger partial charge is 0.255 e. The lowest BCUT2D eigenvalue weighted by molar-refractivity contribution is -0.139. The van der Waals surface area contributed by atoms with E-state index in [1.54, 1.807) is 6.26 Å². The molecular formula is C15H16N4O2S. The van der Waals surface area contributed by atoms with Crippen LogP contribution in [0.4, 0.5) is 0 Å². The van der Waals surface area contributed by atoms with E-state index in [9.17, 15) is 9.59 Å². The zero-order chi connectivity index (χ0) is 15.9. The maximum absolute atomic E-state index is 12.6. The zero-order valence-electron chi connectivity index (χ0n) is 12.5. The van der Waals surface area contributed by atoms with Crippen LogP contribution in [0, 0.1) is 6.92 Å². The van der Waals surface area contributed by atoms with Crippen molar-refractivity contribution in [3.63, 3.8) is 0 Å². The first-order valence-electron chi connectivity index (χ1n) is 6.83. The van der Waals surface area contributed by atoms with E-state index in [1.807, 2.05) is 31.2 Å². The van der Waals surface area contributed by atoms with E-state index in [2.05, 4.69) is 15.4 Å². The predicted octanol–water partition coefficient (Wildman–Crippen LogP) is 2.13. The number of carbonyl (C=O) groups excluding carboxylic acids is 2. The minimum absolute atomic E-state index is 0.248. The van der Waals surface area contributed by atoms with Gasteiger partial charge in [0.15, 0.2) is 11.2 Å². The van der Waals surface area contributed by atoms with Crippen LogP contribution < -0.4 is 5.32 Å². The summed E-state index contributed by atoms with van der Waals surface area (Å²) in [5.41, 5.74) is 2.58. The minimum atomic E-state index is -0.760. The van der Waals surface area contributed by atoms with Gasteiger partial charge in [-0.3, -0.25) is 9.59 Å². The van der Waals surface area contributed by atoms with Gasteiger partial charge in [0.1, 0.15) is 0 Å². The van der Waals surface area contributed by atoms with Gasteiger partial charge in [-0.1, -0.05) is 30.0 Å². The first-order chi connectivity index (χ1) is 10.5. The Balaban J connectivity index is 2.19. The van der Waals surface area contributed by atoms with Crippen LogP contribution in [0.3, 0.4) is 0 Å². The highest BCUT2D eigenvalue weighted by Crippen LogP contribution is 2.33. The quantitative estimate of drug-likeness (QED) is 0.846. The number of nitrogens with zero attached hydrogens (tertiary/aromatic N) is 2. The number of hydrogen-bond acceptors (Lipinski definition) is 4. The second kappa shape index (κ2) is 5.49. The molecule has 0 fully saturated rings. The number of hydrogen-bond donors (Lipinski definition) is 2. The molecule has 0 spiro atoms. The van der Waals surface area contributed by atoms with Crippen molar-refractivity contribution < 1.29 is 9.59 Å². The summed E-state index contributed by atoms with van der Waals surface area (Å²) in [4.78, 5) is 27.8. The third-order valence-electron chi connectivity index (χ3n) is 3.65. The lowest BCUT2D eigenvalue weighted by Gasteiger charge is -2.30. The summed E-state index contributed by atoms with van der Waals surface area (Å²) in [7, 11) is 0. The topological polar surface area (TPSA) is 77.6 Å². The summed E-state index contributed by atoms with van der Waals surface area (Å²) in [6, 6.07) is 6.96. The van der Waals surface area contributed by atoms with Crippen molar-refractivity contribution in [1.82, 2.24) is 15.3 Å². The molecule has 7 heteroatoms. The Bertz CT molecular complexity index is 796. The number of rotatable bonds is 1. The lowest BCUT2D eigenvalue weighted by Crippen LogP contribution is -2.47. The molecule has 114 valence electrons. The SMILES string of the molecule is CSC1=NN(C(C)=O)C(c2c(C)[nH]c3ccccc23)C(=O)N1. The van der Waals surface area contributed by atoms with E-state index >= 15 is 0 Å². The highest BCUT2D eigenvalue weighted by atomic mass is 32.2. The van der Waals surface area contributed by atoms with Crippen molar-refractivity contribution in [2.45, 2.75) is 19.9 Å². The molecule has 2 aromatic rings. The Labute approximate surface area is 131 Å². The number of carbonyl (C=O) groups is 2. The molecule has 0 saturated heterocycles. The summed E-state index contributed by atoms with van der Waals surface area (Å²) >= 11 is 1.29. The Morgan fingerprint density at radius 1 is 1.36 bits per heavy atom. The van der Waals surface area contributed by atoms with Gasteiger partial charge in [-0.05, 0) is 19.2 Å². The molecule has 1 aromatic carbocycles. The molecule has 2 heterocycles. The number of aryl methyl sites for hydroxylation is 1. The summed E-state index contributed by atoms with van der Waals surface area (Å²) in [6.45, 7) is 3.31. The molecule has 0 aliphatic carbocycles. The summed E-state index contributed by atoms with van der Waals surface area (Å²) in [5.74, 6) is -0.515. The fourth-order valence-electron chi connectivity index (χ4n) is 2.71. The molecule has 2 amide bonds. The molecule has 1 unspecified atom stereocenters. The number of amides is 2. The normalized spacial score (nSPS) is 18.3. The van der Waals surface area contributed by atoms with Crippen LogP contribution in [0.25, 0.3) is 10.9 Å². The summed E-state index contributed by atoms with van der Waals surface area (Å²) in [6.07, 6.45) is 1.80. The predicted molar refractivity (Wildman–Crippen MR) is 87.4 cm³/mol. The fraction of sp³-hybridized carbons (Fsp3) is 0.267. The van der Waals surface area contributed by atoms with E-state index in [4.69, 9.17) is 0 Å². The van der Waals surface area contributed by atoms with E-state index in [-0.39, 0.29) is 11.8 Å². The van der Waals surface area contributed by atoms with E-state index in [0.717, 1.165) is 22.2 Å². The molecule has 1 atom stereocenters. The van der Waals surface area contributed by atoms with Crippen LogP contribution in [0.1, 0.15) is 24.2 Å². The maximum atomic E-state index is 12.6. The molecule has 6 nitrogen and oxygen atoms in total. The number of thioether (sulfide) groups is 1. The molecule has 0 bridgehead atoms. The average molecular weight is 316 g/mol. The second-order valence-electron chi connectivity index (χ2n) is 5.07. The van der Waals surface area contributed by atoms with Gasteiger partial charge in [-0.25, -0.2) is 5.01 Å². The number of fused-ring (bicyclic) bond motifs is 1. The van der Waals surface area contributed by atoms with Gasteiger partial charge in [0, 0.05) is 29.1 Å². The minimum Gasteiger partial charge on any atom is -0.358 e. The second-order valence-corrected chi connectivity index (χ2v) is 5.87. The highest BCUT2D eigenvalue weighted by Gasteiger charge is 2.37. The van der Waals surface area contributed by atoms with Crippen molar-refractivity contribution in [2.75, 3.05) is 6.26 Å². The Kier molecular flexibility index (Phi) is 3.66. The Hall–Kier alpha value is -2.28. The van der Waals surface area contributed by atoms with Crippen LogP contribution in [-0.2, 0) is 9.59 Å². The fourth-order valence-corrected chi connectivity index (χ4v) is 3.09. The zero-order valence-corrected chi connectivity index (χ0v) is 13.3. The molecule has 0 saturated carbocycles. The van der Waals surface area contributed by atoms with Crippen LogP contribution >= 0.6 is 11.8 Å². The van der Waals surface area contributed by atoms with Crippen molar-refractivity contribution in [2.24, 2.45) is 5.10 Å². The number of aromatic nitrogens is 1. The number of benzene rings is 1. The molecule has 2 N–H and O–H groups in total. The van der Waals surface area contributed by atoms with Crippen LogP contribution in [0.5, 0.6) is 0 Å². The standard InChI is InChI=1S/C15H16N4O2S/c1-8-12(10-6-4-5-7-11(10)16-8)13-14(21)17-15(22-3)18-19(13)9(2)20/h4-7,13,16H,1-3H3,(H,17,18,21). The monoisotopic (exact) mass is 316 g/mol. The maximum Gasteiger partial charge on any atom is 0.255 e. The number of para-hydroxylation sites is 1. The average Bonchev–Trinajstić information content (AvgIpc) is 2.82. The Morgan fingerprint density at radius 2 is 2.09 bits per heavy atom. The molecule has 1 aromatic heterocycles. The molecule has 22 heavy (non-hydrogen) atoms. The summed E-state index contributed by atoms with van der Waals surface area (Å²) in [5, 5.41) is 9.61. The lowest BCUT2D eigenvalue weighted by atomic mass is 10.0.